The largest absolute Gasteiger partial charge is 0.394 e. The van der Waals surface area contributed by atoms with E-state index >= 15 is 0 Å². The van der Waals surface area contributed by atoms with Crippen molar-refractivity contribution in [3.05, 3.63) is 12.2 Å². The van der Waals surface area contributed by atoms with Crippen molar-refractivity contribution in [1.82, 2.24) is 5.32 Å². The average Bonchev–Trinajstić information content (AvgIpc) is 3.47. The predicted octanol–water partition coefficient (Wildman–Crippen LogP) is 13.4. The molecule has 480 valence electrons. The lowest BCUT2D eigenvalue weighted by atomic mass is 9.97. The second-order valence-corrected chi connectivity index (χ2v) is 24.7. The third-order valence-electron chi connectivity index (χ3n) is 17.2. The molecule has 0 aliphatic carbocycles. The van der Waals surface area contributed by atoms with Crippen LogP contribution in [0.4, 0.5) is 0 Å². The van der Waals surface area contributed by atoms with Gasteiger partial charge in [-0.05, 0) is 19.3 Å². The van der Waals surface area contributed by atoms with Gasteiger partial charge in [0.25, 0.3) is 0 Å². The maximum atomic E-state index is 13.2. The molecule has 2 aliphatic heterocycles. The van der Waals surface area contributed by atoms with Gasteiger partial charge in [0.1, 0.15) is 48.8 Å². The van der Waals surface area contributed by atoms with Crippen molar-refractivity contribution in [1.29, 1.82) is 0 Å². The van der Waals surface area contributed by atoms with Crippen LogP contribution >= 0.6 is 0 Å². The van der Waals surface area contributed by atoms with Gasteiger partial charge in [-0.3, -0.25) is 4.79 Å². The van der Waals surface area contributed by atoms with Crippen LogP contribution in [-0.2, 0) is 23.7 Å². The first kappa shape index (κ1) is 75.8. The van der Waals surface area contributed by atoms with Gasteiger partial charge in [-0.2, -0.15) is 0 Å². The predicted molar refractivity (Wildman–Crippen MR) is 328 cm³/mol. The summed E-state index contributed by atoms with van der Waals surface area (Å²) in [7, 11) is 0. The van der Waals surface area contributed by atoms with E-state index in [2.05, 4.69) is 19.2 Å². The normalized spacial score (nSPS) is 24.1. The number of carbonyl (C=O) groups excluding carboxylic acids is 1. The lowest BCUT2D eigenvalue weighted by Gasteiger charge is -2.46. The summed E-state index contributed by atoms with van der Waals surface area (Å²) in [6.07, 6.45) is 48.2. The zero-order valence-electron chi connectivity index (χ0n) is 52.1. The van der Waals surface area contributed by atoms with Crippen molar-refractivity contribution in [3.63, 3.8) is 0 Å². The molecule has 0 bridgehead atoms. The van der Waals surface area contributed by atoms with Crippen LogP contribution in [0.2, 0.25) is 0 Å². The van der Waals surface area contributed by atoms with Gasteiger partial charge in [-0.1, -0.05) is 302 Å². The summed E-state index contributed by atoms with van der Waals surface area (Å²) in [6, 6.07) is -0.907. The highest BCUT2D eigenvalue weighted by Gasteiger charge is 2.51. The Hall–Kier alpha value is -1.27. The molecule has 0 saturated carbocycles. The molecule has 12 atom stereocenters. The minimum Gasteiger partial charge on any atom is -0.394 e. The molecule has 2 heterocycles. The highest BCUT2D eigenvalue weighted by atomic mass is 16.7. The number of rotatable bonds is 57. The van der Waals surface area contributed by atoms with E-state index in [4.69, 9.17) is 18.9 Å². The van der Waals surface area contributed by atoms with Crippen molar-refractivity contribution in [3.8, 4) is 0 Å². The molecule has 0 aromatic heterocycles. The Morgan fingerprint density at radius 1 is 0.432 bits per heavy atom. The number of allylic oxidation sites excluding steroid dienone is 1. The number of unbranched alkanes of at least 4 members (excludes halogenated alkanes) is 44. The van der Waals surface area contributed by atoms with E-state index in [0.717, 1.165) is 51.4 Å². The van der Waals surface area contributed by atoms with E-state index in [0.29, 0.717) is 6.42 Å². The minimum atomic E-state index is -1.78. The maximum absolute atomic E-state index is 13.2. The molecule has 0 spiro atoms. The Bertz CT molecular complexity index is 1410. The molecule has 2 rings (SSSR count). The fraction of sp³-hybridized carbons (Fsp3) is 0.955. The van der Waals surface area contributed by atoms with Crippen LogP contribution in [0.25, 0.3) is 0 Å². The zero-order valence-corrected chi connectivity index (χ0v) is 52.1. The fourth-order valence-electron chi connectivity index (χ4n) is 11.7. The fourth-order valence-corrected chi connectivity index (χ4v) is 11.7. The van der Waals surface area contributed by atoms with Gasteiger partial charge in [-0.15, -0.1) is 0 Å². The van der Waals surface area contributed by atoms with Crippen molar-refractivity contribution in [2.75, 3.05) is 19.8 Å². The molecule has 9 N–H and O–H groups in total. The van der Waals surface area contributed by atoms with Crippen molar-refractivity contribution < 1.29 is 64.6 Å². The summed E-state index contributed by atoms with van der Waals surface area (Å²) in [4.78, 5) is 13.2. The molecule has 14 heteroatoms. The molecule has 0 aromatic rings. The summed E-state index contributed by atoms with van der Waals surface area (Å²) in [5.74, 6) is -0.239. The third kappa shape index (κ3) is 37.8. The summed E-state index contributed by atoms with van der Waals surface area (Å²) in [6.45, 7) is 2.73. The first-order valence-corrected chi connectivity index (χ1v) is 34.4. The highest BCUT2D eigenvalue weighted by Crippen LogP contribution is 2.30. The number of hydrogen-bond donors (Lipinski definition) is 9. The molecule has 14 nitrogen and oxygen atoms in total. The van der Waals surface area contributed by atoms with E-state index in [1.54, 1.807) is 6.08 Å². The lowest BCUT2D eigenvalue weighted by Crippen LogP contribution is -2.65. The van der Waals surface area contributed by atoms with Gasteiger partial charge in [0.2, 0.25) is 5.91 Å². The first-order chi connectivity index (χ1) is 39.6. The van der Waals surface area contributed by atoms with E-state index in [1.165, 1.54) is 238 Å². The Kier molecular flexibility index (Phi) is 49.6. The monoisotopic (exact) mass is 1160 g/mol. The van der Waals surface area contributed by atoms with E-state index in [9.17, 15) is 45.6 Å². The number of aliphatic hydroxyl groups excluding tert-OH is 8. The summed E-state index contributed by atoms with van der Waals surface area (Å²) in [5, 5.41) is 86.6. The van der Waals surface area contributed by atoms with Crippen molar-refractivity contribution in [2.45, 2.75) is 389 Å². The highest BCUT2D eigenvalue weighted by molar-refractivity contribution is 5.76. The van der Waals surface area contributed by atoms with Gasteiger partial charge >= 0.3 is 0 Å². The number of carbonyl (C=O) groups is 1. The second kappa shape index (κ2) is 53.0. The molecule has 0 aromatic carbocycles. The maximum Gasteiger partial charge on any atom is 0.220 e. The molecule has 1 amide bonds. The topological polar surface area (TPSA) is 228 Å². The quantitative estimate of drug-likeness (QED) is 0.0204. The molecule has 0 radical (unpaired) electrons. The van der Waals surface area contributed by atoms with Crippen LogP contribution in [-0.4, -0.2) is 140 Å². The van der Waals surface area contributed by atoms with Crippen LogP contribution < -0.4 is 5.32 Å². The van der Waals surface area contributed by atoms with Crippen molar-refractivity contribution in [2.24, 2.45) is 0 Å². The van der Waals surface area contributed by atoms with Crippen LogP contribution in [0.15, 0.2) is 12.2 Å². The number of nitrogens with one attached hydrogen (secondary N) is 1. The SMILES string of the molecule is CCCCCC/C=C/C(O)C(COC1OC(CO)C(OC2OC(CO)C(O)C(O)C2O)C(O)C1O)NC(=O)CCCCCCCCCCCCCCCCCCCCCCCCCCCCCCCCCCCCCCCCCCC. The van der Waals surface area contributed by atoms with Gasteiger partial charge in [0.15, 0.2) is 12.6 Å². The number of hydrogen-bond acceptors (Lipinski definition) is 13. The molecule has 12 unspecified atom stereocenters. The Morgan fingerprint density at radius 3 is 1.14 bits per heavy atom. The van der Waals surface area contributed by atoms with Gasteiger partial charge in [-0.25, -0.2) is 0 Å². The minimum absolute atomic E-state index is 0.239. The molecule has 2 saturated heterocycles. The van der Waals surface area contributed by atoms with E-state index in [-0.39, 0.29) is 18.9 Å². The van der Waals surface area contributed by atoms with Crippen LogP contribution in [0.5, 0.6) is 0 Å². The van der Waals surface area contributed by atoms with Gasteiger partial charge in [0.05, 0.1) is 32.0 Å². The zero-order chi connectivity index (χ0) is 58.8. The molecular weight excluding hydrogens is 1030 g/mol. The molecule has 2 fully saturated rings. The first-order valence-electron chi connectivity index (χ1n) is 34.4. The van der Waals surface area contributed by atoms with Crippen LogP contribution in [0.1, 0.15) is 316 Å². The molecular formula is C67H129NO13. The lowest BCUT2D eigenvalue weighted by molar-refractivity contribution is -0.359. The standard InChI is InChI=1S/C67H129NO13/c1-3-5-7-9-11-12-13-14-15-16-17-18-19-20-21-22-23-24-25-26-27-28-29-30-31-32-33-34-35-36-37-38-39-40-41-42-43-44-45-47-49-51-59(72)68-55(56(71)50-48-46-10-8-6-4-2)54-78-66-64(77)62(75)65(58(53-70)80-66)81-67-63(76)61(74)60(73)57(52-69)79-67/h48,50,55-58,60-67,69-71,73-77H,3-47,49,51-54H2,1-2H3,(H,68,72)/b50-48+. The number of ether oxygens (including phenoxy) is 4. The van der Waals surface area contributed by atoms with Gasteiger partial charge < -0.3 is 65.1 Å². The van der Waals surface area contributed by atoms with E-state index in [1.807, 2.05) is 6.08 Å². The third-order valence-corrected chi connectivity index (χ3v) is 17.2. The Balaban J connectivity index is 1.44. The second-order valence-electron chi connectivity index (χ2n) is 24.7. The number of aliphatic hydroxyl groups is 8. The summed E-state index contributed by atoms with van der Waals surface area (Å²) >= 11 is 0. The van der Waals surface area contributed by atoms with Crippen molar-refractivity contribution >= 4 is 5.91 Å². The smallest absolute Gasteiger partial charge is 0.220 e. The van der Waals surface area contributed by atoms with E-state index < -0.39 is 86.8 Å². The number of amides is 1. The Morgan fingerprint density at radius 2 is 0.765 bits per heavy atom. The van der Waals surface area contributed by atoms with Crippen LogP contribution in [0, 0.1) is 0 Å². The summed E-state index contributed by atoms with van der Waals surface area (Å²) < 4.78 is 22.7. The molecule has 81 heavy (non-hydrogen) atoms. The van der Waals surface area contributed by atoms with Gasteiger partial charge in [0, 0.05) is 6.42 Å². The summed E-state index contributed by atoms with van der Waals surface area (Å²) in [5.41, 5.74) is 0. The van der Waals surface area contributed by atoms with Crippen LogP contribution in [0.3, 0.4) is 0 Å². The molecule has 2 aliphatic rings. The Labute approximate surface area is 495 Å². The average molecular weight is 1160 g/mol.